The van der Waals surface area contributed by atoms with E-state index < -0.39 is 0 Å². The van der Waals surface area contributed by atoms with Gasteiger partial charge in [0, 0.05) is 38.6 Å². The third-order valence-corrected chi connectivity index (χ3v) is 3.17. The first-order chi connectivity index (χ1) is 8.29. The summed E-state index contributed by atoms with van der Waals surface area (Å²) in [4.78, 5) is 17.0. The minimum Gasteiger partial charge on any atom is -0.381 e. The summed E-state index contributed by atoms with van der Waals surface area (Å²) in [6, 6.07) is 3.69. The SMILES string of the molecule is CN(CC1CCOCC1)c1ccc(C=O)cn1. The van der Waals surface area contributed by atoms with Crippen molar-refractivity contribution < 1.29 is 9.53 Å². The Balaban J connectivity index is 1.93. The summed E-state index contributed by atoms with van der Waals surface area (Å²) in [6.07, 6.45) is 4.67. The van der Waals surface area contributed by atoms with Crippen molar-refractivity contribution in [2.24, 2.45) is 5.92 Å². The molecule has 0 saturated carbocycles. The van der Waals surface area contributed by atoms with E-state index in [1.807, 2.05) is 13.1 Å². The van der Waals surface area contributed by atoms with Crippen LogP contribution in [-0.4, -0.2) is 38.1 Å². The summed E-state index contributed by atoms with van der Waals surface area (Å²) >= 11 is 0. The van der Waals surface area contributed by atoms with Crippen LogP contribution >= 0.6 is 0 Å². The number of carbonyl (C=O) groups is 1. The van der Waals surface area contributed by atoms with E-state index in [0.29, 0.717) is 11.5 Å². The monoisotopic (exact) mass is 234 g/mol. The molecule has 17 heavy (non-hydrogen) atoms. The fourth-order valence-electron chi connectivity index (χ4n) is 2.10. The average molecular weight is 234 g/mol. The molecule has 2 rings (SSSR count). The molecule has 0 bridgehead atoms. The second kappa shape index (κ2) is 5.77. The molecule has 1 fully saturated rings. The summed E-state index contributed by atoms with van der Waals surface area (Å²) < 4.78 is 5.34. The van der Waals surface area contributed by atoms with E-state index in [2.05, 4.69) is 9.88 Å². The predicted molar refractivity (Wildman–Crippen MR) is 66.4 cm³/mol. The number of aldehydes is 1. The van der Waals surface area contributed by atoms with Crippen molar-refractivity contribution in [3.05, 3.63) is 23.9 Å². The number of aromatic nitrogens is 1. The lowest BCUT2D eigenvalue weighted by atomic mass is 10.00. The van der Waals surface area contributed by atoms with E-state index in [4.69, 9.17) is 4.74 Å². The number of ether oxygens (including phenoxy) is 1. The van der Waals surface area contributed by atoms with E-state index in [1.165, 1.54) is 0 Å². The lowest BCUT2D eigenvalue weighted by Gasteiger charge is -2.27. The van der Waals surface area contributed by atoms with Crippen LogP contribution in [0.3, 0.4) is 0 Å². The van der Waals surface area contributed by atoms with Crippen LogP contribution in [0, 0.1) is 5.92 Å². The second-order valence-corrected chi connectivity index (χ2v) is 4.50. The topological polar surface area (TPSA) is 42.4 Å². The molecule has 1 aliphatic rings. The van der Waals surface area contributed by atoms with Gasteiger partial charge in [0.1, 0.15) is 5.82 Å². The highest BCUT2D eigenvalue weighted by molar-refractivity contribution is 5.74. The Morgan fingerprint density at radius 2 is 2.24 bits per heavy atom. The van der Waals surface area contributed by atoms with Crippen molar-refractivity contribution in [1.82, 2.24) is 4.98 Å². The first kappa shape index (κ1) is 12.0. The van der Waals surface area contributed by atoms with Crippen LogP contribution in [0.5, 0.6) is 0 Å². The van der Waals surface area contributed by atoms with E-state index >= 15 is 0 Å². The van der Waals surface area contributed by atoms with Crippen LogP contribution in [0.1, 0.15) is 23.2 Å². The Hall–Kier alpha value is -1.42. The van der Waals surface area contributed by atoms with Gasteiger partial charge in [-0.15, -0.1) is 0 Å². The van der Waals surface area contributed by atoms with Gasteiger partial charge in [-0.1, -0.05) is 0 Å². The maximum atomic E-state index is 10.5. The fourth-order valence-corrected chi connectivity index (χ4v) is 2.10. The largest absolute Gasteiger partial charge is 0.381 e. The summed E-state index contributed by atoms with van der Waals surface area (Å²) in [5, 5.41) is 0. The van der Waals surface area contributed by atoms with Crippen LogP contribution in [0.25, 0.3) is 0 Å². The summed E-state index contributed by atoms with van der Waals surface area (Å²) in [5.41, 5.74) is 0.619. The second-order valence-electron chi connectivity index (χ2n) is 4.50. The molecule has 0 aliphatic carbocycles. The van der Waals surface area contributed by atoms with Gasteiger partial charge in [-0.2, -0.15) is 0 Å². The molecule has 0 amide bonds. The van der Waals surface area contributed by atoms with Crippen molar-refractivity contribution in [1.29, 1.82) is 0 Å². The highest BCUT2D eigenvalue weighted by Gasteiger charge is 2.16. The summed E-state index contributed by atoms with van der Waals surface area (Å²) in [6.45, 7) is 2.74. The first-order valence-corrected chi connectivity index (χ1v) is 5.99. The predicted octanol–water partition coefficient (Wildman–Crippen LogP) is 1.76. The zero-order chi connectivity index (χ0) is 12.1. The molecular formula is C13H18N2O2. The van der Waals surface area contributed by atoms with Crippen molar-refractivity contribution in [2.45, 2.75) is 12.8 Å². The van der Waals surface area contributed by atoms with Crippen LogP contribution in [0.15, 0.2) is 18.3 Å². The number of hydrogen-bond donors (Lipinski definition) is 0. The van der Waals surface area contributed by atoms with Gasteiger partial charge in [0.2, 0.25) is 0 Å². The molecule has 1 saturated heterocycles. The Labute approximate surface area is 102 Å². The van der Waals surface area contributed by atoms with Gasteiger partial charge in [0.25, 0.3) is 0 Å². The molecule has 0 atom stereocenters. The van der Waals surface area contributed by atoms with E-state index in [-0.39, 0.29) is 0 Å². The van der Waals surface area contributed by atoms with Crippen LogP contribution < -0.4 is 4.90 Å². The van der Waals surface area contributed by atoms with E-state index in [1.54, 1.807) is 12.3 Å². The van der Waals surface area contributed by atoms with Crippen molar-refractivity contribution in [3.8, 4) is 0 Å². The van der Waals surface area contributed by atoms with Gasteiger partial charge in [-0.3, -0.25) is 4.79 Å². The molecule has 0 N–H and O–H groups in total. The number of carbonyl (C=O) groups excluding carboxylic acids is 1. The van der Waals surface area contributed by atoms with Gasteiger partial charge in [-0.05, 0) is 30.9 Å². The van der Waals surface area contributed by atoms with Crippen molar-refractivity contribution >= 4 is 12.1 Å². The molecule has 1 aromatic heterocycles. The standard InChI is InChI=1S/C13H18N2O2/c1-15(9-11-4-6-17-7-5-11)13-3-2-12(10-16)8-14-13/h2-3,8,10-11H,4-7,9H2,1H3. The molecule has 1 aromatic rings. The molecule has 4 nitrogen and oxygen atoms in total. The minimum atomic E-state index is 0.619. The lowest BCUT2D eigenvalue weighted by molar-refractivity contribution is 0.0685. The number of rotatable bonds is 4. The molecule has 2 heterocycles. The van der Waals surface area contributed by atoms with Gasteiger partial charge in [-0.25, -0.2) is 4.98 Å². The molecule has 0 spiro atoms. The maximum Gasteiger partial charge on any atom is 0.151 e. The minimum absolute atomic E-state index is 0.619. The zero-order valence-corrected chi connectivity index (χ0v) is 10.1. The number of anilines is 1. The quantitative estimate of drug-likeness (QED) is 0.744. The Kier molecular flexibility index (Phi) is 4.09. The molecule has 0 unspecified atom stereocenters. The molecule has 0 radical (unpaired) electrons. The fraction of sp³-hybridized carbons (Fsp3) is 0.538. The molecular weight excluding hydrogens is 216 g/mol. The van der Waals surface area contributed by atoms with Crippen molar-refractivity contribution in [2.75, 3.05) is 31.7 Å². The smallest absolute Gasteiger partial charge is 0.151 e. The highest BCUT2D eigenvalue weighted by atomic mass is 16.5. The summed E-state index contributed by atoms with van der Waals surface area (Å²) in [7, 11) is 2.04. The van der Waals surface area contributed by atoms with Crippen molar-refractivity contribution in [3.63, 3.8) is 0 Å². The third kappa shape index (κ3) is 3.27. The maximum absolute atomic E-state index is 10.5. The zero-order valence-electron chi connectivity index (χ0n) is 10.1. The van der Waals surface area contributed by atoms with E-state index in [0.717, 1.165) is 44.7 Å². The third-order valence-electron chi connectivity index (χ3n) is 3.17. The summed E-state index contributed by atoms with van der Waals surface area (Å²) in [5.74, 6) is 1.60. The van der Waals surface area contributed by atoms with Crippen LogP contribution in [0.2, 0.25) is 0 Å². The van der Waals surface area contributed by atoms with Gasteiger partial charge in [0.15, 0.2) is 6.29 Å². The Bertz CT molecular complexity index is 358. The number of nitrogens with zero attached hydrogens (tertiary/aromatic N) is 2. The van der Waals surface area contributed by atoms with Gasteiger partial charge in [0.05, 0.1) is 0 Å². The number of pyridine rings is 1. The van der Waals surface area contributed by atoms with Gasteiger partial charge >= 0.3 is 0 Å². The van der Waals surface area contributed by atoms with E-state index in [9.17, 15) is 4.79 Å². The molecule has 1 aliphatic heterocycles. The molecule has 0 aromatic carbocycles. The number of hydrogen-bond acceptors (Lipinski definition) is 4. The highest BCUT2D eigenvalue weighted by Crippen LogP contribution is 2.18. The normalized spacial score (nSPS) is 16.8. The average Bonchev–Trinajstić information content (AvgIpc) is 2.40. The Morgan fingerprint density at radius 1 is 1.47 bits per heavy atom. The van der Waals surface area contributed by atoms with Gasteiger partial charge < -0.3 is 9.64 Å². The lowest BCUT2D eigenvalue weighted by Crippen LogP contribution is -2.30. The molecule has 4 heteroatoms. The Morgan fingerprint density at radius 3 is 2.82 bits per heavy atom. The first-order valence-electron chi connectivity index (χ1n) is 5.99. The molecule has 92 valence electrons. The van der Waals surface area contributed by atoms with Crippen LogP contribution in [-0.2, 0) is 4.74 Å². The van der Waals surface area contributed by atoms with Crippen LogP contribution in [0.4, 0.5) is 5.82 Å².